The summed E-state index contributed by atoms with van der Waals surface area (Å²) in [5.41, 5.74) is 3.16. The van der Waals surface area contributed by atoms with Crippen molar-refractivity contribution in [2.24, 2.45) is 45.8 Å². The van der Waals surface area contributed by atoms with Gasteiger partial charge in [0.2, 0.25) is 0 Å². The average Bonchev–Trinajstić information content (AvgIpc) is 2.93. The van der Waals surface area contributed by atoms with E-state index in [-0.39, 0.29) is 6.10 Å². The summed E-state index contributed by atoms with van der Waals surface area (Å²) in [5.74, 6) is 4.12. The molecule has 0 saturated heterocycles. The van der Waals surface area contributed by atoms with Crippen molar-refractivity contribution in [1.82, 2.24) is 0 Å². The van der Waals surface area contributed by atoms with Crippen molar-refractivity contribution in [3.63, 3.8) is 0 Å². The summed E-state index contributed by atoms with van der Waals surface area (Å²) in [6.07, 6.45) is 17.1. The van der Waals surface area contributed by atoms with Crippen LogP contribution < -0.4 is 0 Å². The van der Waals surface area contributed by atoms with Gasteiger partial charge in [0.15, 0.2) is 0 Å². The van der Waals surface area contributed by atoms with Gasteiger partial charge in [0.05, 0.1) is 6.10 Å². The van der Waals surface area contributed by atoms with Gasteiger partial charge in [0.25, 0.3) is 0 Å². The van der Waals surface area contributed by atoms with Crippen LogP contribution in [0.25, 0.3) is 0 Å². The molecule has 4 aliphatic carbocycles. The van der Waals surface area contributed by atoms with Crippen molar-refractivity contribution in [1.29, 1.82) is 0 Å². The summed E-state index contributed by atoms with van der Waals surface area (Å²) >= 11 is 0. The van der Waals surface area contributed by atoms with E-state index in [0.29, 0.717) is 22.2 Å². The van der Waals surface area contributed by atoms with Crippen molar-refractivity contribution in [2.75, 3.05) is 0 Å². The molecule has 4 aliphatic rings. The summed E-state index contributed by atoms with van der Waals surface area (Å²) < 4.78 is 0. The van der Waals surface area contributed by atoms with Crippen LogP contribution in [-0.4, -0.2) is 11.2 Å². The molecule has 29 heavy (non-hydrogen) atoms. The molecule has 0 amide bonds. The highest BCUT2D eigenvalue weighted by atomic mass is 16.3. The quantitative estimate of drug-likeness (QED) is 0.467. The van der Waals surface area contributed by atoms with Crippen molar-refractivity contribution in [2.45, 2.75) is 118 Å². The fraction of sp³-hybridized carbons (Fsp3) is 0.929. The summed E-state index contributed by atoms with van der Waals surface area (Å²) in [4.78, 5) is 0. The van der Waals surface area contributed by atoms with Gasteiger partial charge in [-0.2, -0.15) is 0 Å². The molecule has 3 fully saturated rings. The molecule has 0 aliphatic heterocycles. The van der Waals surface area contributed by atoms with Gasteiger partial charge in [-0.15, -0.1) is 0 Å². The molecular weight excluding hydrogens is 352 g/mol. The van der Waals surface area contributed by atoms with Crippen molar-refractivity contribution >= 4 is 0 Å². The monoisotopic (exact) mass is 400 g/mol. The van der Waals surface area contributed by atoms with Crippen LogP contribution in [0.4, 0.5) is 0 Å². The minimum atomic E-state index is -0.0442. The fourth-order valence-corrected chi connectivity index (χ4v) is 8.88. The van der Waals surface area contributed by atoms with E-state index >= 15 is 0 Å². The van der Waals surface area contributed by atoms with Gasteiger partial charge in [0.1, 0.15) is 0 Å². The van der Waals surface area contributed by atoms with Crippen LogP contribution in [0.15, 0.2) is 11.6 Å². The van der Waals surface area contributed by atoms with Gasteiger partial charge >= 0.3 is 0 Å². The minimum Gasteiger partial charge on any atom is -0.393 e. The Bertz CT molecular complexity index is 634. The van der Waals surface area contributed by atoms with E-state index in [1.165, 1.54) is 57.8 Å². The maximum Gasteiger partial charge on any atom is 0.0543 e. The highest BCUT2D eigenvalue weighted by Gasteiger charge is 2.63. The molecule has 0 aromatic heterocycles. The van der Waals surface area contributed by atoms with Gasteiger partial charge in [-0.05, 0) is 97.2 Å². The van der Waals surface area contributed by atoms with E-state index in [1.54, 1.807) is 0 Å². The molecule has 1 N–H and O–H groups in total. The van der Waals surface area contributed by atoms with Crippen LogP contribution in [0, 0.1) is 45.8 Å². The third kappa shape index (κ3) is 3.37. The lowest BCUT2D eigenvalue weighted by Gasteiger charge is -2.61. The van der Waals surface area contributed by atoms with E-state index in [2.05, 4.69) is 47.6 Å². The van der Waals surface area contributed by atoms with Crippen LogP contribution in [0.2, 0.25) is 0 Å². The molecule has 1 nitrogen and oxygen atoms in total. The summed E-state index contributed by atoms with van der Waals surface area (Å²) in [6, 6.07) is 0. The Kier molecular flexibility index (Phi) is 5.81. The SMILES string of the molecule is CC(C)CCC[C@H](C)[C@@H]1CC[C@]2(C)[C@@H]3CC[C@@H]4C[C@H](O)CC[C@@]4(C)C3=CC[C@@]12C. The first-order chi connectivity index (χ1) is 13.6. The molecule has 0 heterocycles. The molecule has 0 unspecified atom stereocenters. The number of fused-ring (bicyclic) bond motifs is 5. The Hall–Kier alpha value is -0.300. The second-order valence-corrected chi connectivity index (χ2v) is 12.8. The van der Waals surface area contributed by atoms with E-state index in [9.17, 15) is 5.11 Å². The smallest absolute Gasteiger partial charge is 0.0543 e. The lowest BCUT2D eigenvalue weighted by atomic mass is 9.44. The molecule has 4 rings (SSSR count). The topological polar surface area (TPSA) is 20.2 Å². The summed E-state index contributed by atoms with van der Waals surface area (Å²) in [7, 11) is 0. The van der Waals surface area contributed by atoms with Crippen molar-refractivity contribution in [3.8, 4) is 0 Å². The Morgan fingerprint density at radius 1 is 0.966 bits per heavy atom. The number of allylic oxidation sites excluding steroid dienone is 2. The van der Waals surface area contributed by atoms with E-state index in [4.69, 9.17) is 0 Å². The highest BCUT2D eigenvalue weighted by Crippen LogP contribution is 2.71. The molecule has 8 atom stereocenters. The molecule has 166 valence electrons. The molecular formula is C28H48O. The molecule has 0 spiro atoms. The number of aliphatic hydroxyl groups is 1. The number of aliphatic hydroxyl groups excluding tert-OH is 1. The highest BCUT2D eigenvalue weighted by molar-refractivity contribution is 5.31. The largest absolute Gasteiger partial charge is 0.393 e. The first kappa shape index (κ1) is 21.9. The molecule has 0 bridgehead atoms. The van der Waals surface area contributed by atoms with Crippen LogP contribution in [0.3, 0.4) is 0 Å². The molecule has 3 saturated carbocycles. The van der Waals surface area contributed by atoms with Crippen LogP contribution >= 0.6 is 0 Å². The van der Waals surface area contributed by atoms with Gasteiger partial charge in [-0.3, -0.25) is 0 Å². The molecule has 0 aromatic carbocycles. The first-order valence-corrected chi connectivity index (χ1v) is 13.0. The molecule has 0 radical (unpaired) electrons. The van der Waals surface area contributed by atoms with Crippen LogP contribution in [-0.2, 0) is 0 Å². The zero-order valence-corrected chi connectivity index (χ0v) is 20.3. The van der Waals surface area contributed by atoms with E-state index in [0.717, 1.165) is 36.5 Å². The third-order valence-corrected chi connectivity index (χ3v) is 11.0. The number of hydrogen-bond donors (Lipinski definition) is 1. The zero-order valence-electron chi connectivity index (χ0n) is 20.3. The van der Waals surface area contributed by atoms with Crippen molar-refractivity contribution in [3.05, 3.63) is 11.6 Å². The normalized spacial score (nSPS) is 47.9. The zero-order chi connectivity index (χ0) is 21.0. The van der Waals surface area contributed by atoms with E-state index < -0.39 is 0 Å². The first-order valence-electron chi connectivity index (χ1n) is 13.0. The predicted molar refractivity (Wildman–Crippen MR) is 124 cm³/mol. The Morgan fingerprint density at radius 2 is 1.72 bits per heavy atom. The Balaban J connectivity index is 1.57. The number of rotatable bonds is 5. The van der Waals surface area contributed by atoms with Gasteiger partial charge in [-0.25, -0.2) is 0 Å². The second-order valence-electron chi connectivity index (χ2n) is 12.8. The fourth-order valence-electron chi connectivity index (χ4n) is 8.88. The maximum atomic E-state index is 10.3. The predicted octanol–water partition coefficient (Wildman–Crippen LogP) is 7.78. The maximum absolute atomic E-state index is 10.3. The molecule has 1 heteroatoms. The summed E-state index contributed by atoms with van der Waals surface area (Å²) in [5, 5.41) is 10.3. The Labute approximate surface area is 181 Å². The minimum absolute atomic E-state index is 0.0442. The number of hydrogen-bond acceptors (Lipinski definition) is 1. The van der Waals surface area contributed by atoms with Crippen LogP contribution in [0.1, 0.15) is 112 Å². The second kappa shape index (κ2) is 7.68. The van der Waals surface area contributed by atoms with Crippen LogP contribution in [0.5, 0.6) is 0 Å². The Morgan fingerprint density at radius 3 is 2.45 bits per heavy atom. The lowest BCUT2D eigenvalue weighted by Crippen LogP contribution is -2.53. The third-order valence-electron chi connectivity index (χ3n) is 11.0. The summed E-state index contributed by atoms with van der Waals surface area (Å²) in [6.45, 7) is 15.2. The average molecular weight is 401 g/mol. The van der Waals surface area contributed by atoms with Gasteiger partial charge in [0, 0.05) is 0 Å². The lowest BCUT2D eigenvalue weighted by molar-refractivity contribution is -0.0560. The standard InChI is InChI=1S/C28H48O/c1-19(2)8-7-9-20(3)23-13-16-28(6)25-11-10-21-18-22(29)12-15-26(21,4)24(25)14-17-27(23,28)5/h14,19-23,25,29H,7-13,15-18H2,1-6H3/t20-,21+,22+,23-,25+,26+,27-,28+/m0/s1. The van der Waals surface area contributed by atoms with Crippen molar-refractivity contribution < 1.29 is 5.11 Å². The van der Waals surface area contributed by atoms with Gasteiger partial charge in [-0.1, -0.05) is 72.5 Å². The van der Waals surface area contributed by atoms with Gasteiger partial charge < -0.3 is 5.11 Å². The molecule has 0 aromatic rings. The van der Waals surface area contributed by atoms with E-state index in [1.807, 2.05) is 5.57 Å².